The summed E-state index contributed by atoms with van der Waals surface area (Å²) in [6, 6.07) is 3.56. The van der Waals surface area contributed by atoms with E-state index >= 15 is 0 Å². The minimum absolute atomic E-state index is 0.187. The fourth-order valence-electron chi connectivity index (χ4n) is 3.46. The Kier molecular flexibility index (Phi) is 3.24. The normalized spacial score (nSPS) is 27.0. The Morgan fingerprint density at radius 2 is 2.00 bits per heavy atom. The minimum Gasteiger partial charge on any atom is -0.379 e. The van der Waals surface area contributed by atoms with E-state index in [0.29, 0.717) is 17.5 Å². The van der Waals surface area contributed by atoms with Gasteiger partial charge in [-0.1, -0.05) is 12.2 Å². The lowest BCUT2D eigenvalue weighted by Crippen LogP contribution is -2.18. The summed E-state index contributed by atoms with van der Waals surface area (Å²) < 4.78 is 0. The second kappa shape index (κ2) is 4.93. The molecule has 4 nitrogen and oxygen atoms in total. The van der Waals surface area contributed by atoms with E-state index in [4.69, 9.17) is 0 Å². The molecule has 1 aromatic carbocycles. The molecule has 2 aliphatic carbocycles. The Balaban J connectivity index is 1.75. The molecule has 0 aliphatic heterocycles. The fraction of sp³-hybridized carbons (Fsp3) is 0.500. The summed E-state index contributed by atoms with van der Waals surface area (Å²) in [5.41, 5.74) is 2.90. The van der Waals surface area contributed by atoms with E-state index in [9.17, 15) is 10.1 Å². The Labute approximate surface area is 119 Å². The van der Waals surface area contributed by atoms with Gasteiger partial charge in [0.1, 0.15) is 5.69 Å². The van der Waals surface area contributed by atoms with Crippen molar-refractivity contribution in [1.82, 2.24) is 0 Å². The van der Waals surface area contributed by atoms with E-state index < -0.39 is 0 Å². The first-order valence-electron chi connectivity index (χ1n) is 7.22. The second-order valence-corrected chi connectivity index (χ2v) is 6.13. The SMILES string of the molecule is Cc1cc(NCC2CC3C=CC2C3)c([N+](=O)[O-])cc1C. The van der Waals surface area contributed by atoms with Crippen molar-refractivity contribution in [2.45, 2.75) is 26.7 Å². The van der Waals surface area contributed by atoms with E-state index in [1.807, 2.05) is 19.9 Å². The number of nitro groups is 1. The molecule has 2 bridgehead atoms. The van der Waals surface area contributed by atoms with E-state index in [2.05, 4.69) is 17.5 Å². The van der Waals surface area contributed by atoms with Crippen molar-refractivity contribution in [3.05, 3.63) is 45.5 Å². The Hall–Kier alpha value is -1.84. The van der Waals surface area contributed by atoms with Crippen molar-refractivity contribution in [1.29, 1.82) is 0 Å². The van der Waals surface area contributed by atoms with Gasteiger partial charge >= 0.3 is 0 Å². The Bertz CT molecular complexity index is 580. The van der Waals surface area contributed by atoms with Crippen molar-refractivity contribution in [2.24, 2.45) is 17.8 Å². The summed E-state index contributed by atoms with van der Waals surface area (Å²) in [6.45, 7) is 4.73. The molecule has 0 saturated heterocycles. The topological polar surface area (TPSA) is 55.2 Å². The summed E-state index contributed by atoms with van der Waals surface area (Å²) in [4.78, 5) is 10.9. The quantitative estimate of drug-likeness (QED) is 0.515. The van der Waals surface area contributed by atoms with Crippen LogP contribution in [-0.4, -0.2) is 11.5 Å². The van der Waals surface area contributed by atoms with E-state index in [0.717, 1.165) is 23.6 Å². The molecule has 1 fully saturated rings. The van der Waals surface area contributed by atoms with Crippen LogP contribution in [0.5, 0.6) is 0 Å². The number of rotatable bonds is 4. The van der Waals surface area contributed by atoms with Crippen molar-refractivity contribution >= 4 is 11.4 Å². The average Bonchev–Trinajstić information content (AvgIpc) is 3.01. The molecule has 1 saturated carbocycles. The van der Waals surface area contributed by atoms with Crippen LogP contribution < -0.4 is 5.32 Å². The number of benzene rings is 1. The monoisotopic (exact) mass is 272 g/mol. The van der Waals surface area contributed by atoms with Crippen LogP contribution in [0.4, 0.5) is 11.4 Å². The molecule has 0 spiro atoms. The molecule has 3 rings (SSSR count). The highest BCUT2D eigenvalue weighted by Gasteiger charge is 2.35. The number of hydrogen-bond donors (Lipinski definition) is 1. The molecule has 20 heavy (non-hydrogen) atoms. The predicted octanol–water partition coefficient (Wildman–Crippen LogP) is 3.84. The van der Waals surface area contributed by atoms with Gasteiger partial charge in [-0.3, -0.25) is 10.1 Å². The highest BCUT2D eigenvalue weighted by atomic mass is 16.6. The number of hydrogen-bond acceptors (Lipinski definition) is 3. The second-order valence-electron chi connectivity index (χ2n) is 6.13. The van der Waals surface area contributed by atoms with Crippen LogP contribution in [0.2, 0.25) is 0 Å². The van der Waals surface area contributed by atoms with Crippen molar-refractivity contribution < 1.29 is 4.92 Å². The zero-order valence-corrected chi connectivity index (χ0v) is 11.9. The minimum atomic E-state index is -0.296. The third-order valence-corrected chi connectivity index (χ3v) is 4.78. The highest BCUT2D eigenvalue weighted by molar-refractivity contribution is 5.64. The van der Waals surface area contributed by atoms with Gasteiger partial charge in [0.25, 0.3) is 5.69 Å². The zero-order valence-electron chi connectivity index (χ0n) is 11.9. The lowest BCUT2D eigenvalue weighted by atomic mass is 9.93. The average molecular weight is 272 g/mol. The lowest BCUT2D eigenvalue weighted by molar-refractivity contribution is -0.384. The molecule has 0 radical (unpaired) electrons. The number of anilines is 1. The smallest absolute Gasteiger partial charge is 0.292 e. The summed E-state index contributed by atoms with van der Waals surface area (Å²) in [5.74, 6) is 2.02. The number of fused-ring (bicyclic) bond motifs is 2. The molecule has 0 aromatic heterocycles. The molecule has 2 aliphatic rings. The van der Waals surface area contributed by atoms with Gasteiger partial charge in [-0.15, -0.1) is 0 Å². The van der Waals surface area contributed by atoms with Gasteiger partial charge in [0.05, 0.1) is 4.92 Å². The molecule has 4 heteroatoms. The standard InChI is InChI=1S/C16H20N2O2/c1-10-5-15(16(18(19)20)6-11(10)2)17-9-14-8-12-3-4-13(14)7-12/h3-6,12-14,17H,7-9H2,1-2H3. The van der Waals surface area contributed by atoms with Crippen LogP contribution in [0.3, 0.4) is 0 Å². The maximum atomic E-state index is 11.2. The number of aryl methyl sites for hydroxylation is 2. The van der Waals surface area contributed by atoms with Gasteiger partial charge in [-0.05, 0) is 61.6 Å². The van der Waals surface area contributed by atoms with Gasteiger partial charge in [0.2, 0.25) is 0 Å². The number of nitrogens with one attached hydrogen (secondary N) is 1. The molecule has 3 atom stereocenters. The first kappa shape index (κ1) is 13.2. The number of nitrogens with zero attached hydrogens (tertiary/aromatic N) is 1. The third kappa shape index (κ3) is 2.30. The molecule has 106 valence electrons. The van der Waals surface area contributed by atoms with Crippen LogP contribution in [0, 0.1) is 41.7 Å². The summed E-state index contributed by atoms with van der Waals surface area (Å²) in [6.07, 6.45) is 7.11. The van der Waals surface area contributed by atoms with Gasteiger partial charge < -0.3 is 5.32 Å². The van der Waals surface area contributed by atoms with Crippen molar-refractivity contribution in [2.75, 3.05) is 11.9 Å². The van der Waals surface area contributed by atoms with Gasteiger partial charge in [0, 0.05) is 12.6 Å². The predicted molar refractivity (Wildman–Crippen MR) is 79.9 cm³/mol. The third-order valence-electron chi connectivity index (χ3n) is 4.78. The Morgan fingerprint density at radius 3 is 2.60 bits per heavy atom. The van der Waals surface area contributed by atoms with E-state index in [1.165, 1.54) is 12.8 Å². The Morgan fingerprint density at radius 1 is 1.25 bits per heavy atom. The van der Waals surface area contributed by atoms with E-state index in [1.54, 1.807) is 6.07 Å². The number of nitro benzene ring substituents is 1. The molecular formula is C16H20N2O2. The van der Waals surface area contributed by atoms with Gasteiger partial charge in [-0.25, -0.2) is 0 Å². The lowest BCUT2D eigenvalue weighted by Gasteiger charge is -2.19. The highest BCUT2D eigenvalue weighted by Crippen LogP contribution is 2.43. The molecule has 0 amide bonds. The zero-order chi connectivity index (χ0) is 14.3. The van der Waals surface area contributed by atoms with Crippen LogP contribution >= 0.6 is 0 Å². The summed E-state index contributed by atoms with van der Waals surface area (Å²) in [7, 11) is 0. The summed E-state index contributed by atoms with van der Waals surface area (Å²) in [5, 5.41) is 14.5. The molecule has 1 aromatic rings. The van der Waals surface area contributed by atoms with Gasteiger partial charge in [-0.2, -0.15) is 0 Å². The van der Waals surface area contributed by atoms with Crippen molar-refractivity contribution in [3.63, 3.8) is 0 Å². The van der Waals surface area contributed by atoms with Crippen molar-refractivity contribution in [3.8, 4) is 0 Å². The molecule has 3 unspecified atom stereocenters. The van der Waals surface area contributed by atoms with Crippen LogP contribution in [0.25, 0.3) is 0 Å². The maximum absolute atomic E-state index is 11.2. The van der Waals surface area contributed by atoms with Crippen LogP contribution in [0.1, 0.15) is 24.0 Å². The maximum Gasteiger partial charge on any atom is 0.292 e. The largest absolute Gasteiger partial charge is 0.379 e. The molecule has 0 heterocycles. The molecular weight excluding hydrogens is 252 g/mol. The van der Waals surface area contributed by atoms with Crippen LogP contribution in [-0.2, 0) is 0 Å². The van der Waals surface area contributed by atoms with E-state index in [-0.39, 0.29) is 10.6 Å². The van der Waals surface area contributed by atoms with Crippen LogP contribution in [0.15, 0.2) is 24.3 Å². The first-order valence-corrected chi connectivity index (χ1v) is 7.22. The van der Waals surface area contributed by atoms with Gasteiger partial charge in [0.15, 0.2) is 0 Å². The fourth-order valence-corrected chi connectivity index (χ4v) is 3.46. The number of allylic oxidation sites excluding steroid dienone is 2. The molecule has 1 N–H and O–H groups in total. The summed E-state index contributed by atoms with van der Waals surface area (Å²) >= 11 is 0. The first-order chi connectivity index (χ1) is 9.54.